The van der Waals surface area contributed by atoms with Gasteiger partial charge < -0.3 is 15.2 Å². The number of fused-ring (bicyclic) bond motifs is 2. The number of nitrogens with one attached hydrogen (secondary N) is 1. The topological polar surface area (TPSA) is 75.6 Å². The number of carbonyl (C=O) groups is 2. The highest BCUT2D eigenvalue weighted by molar-refractivity contribution is 5.87. The Labute approximate surface area is 99.8 Å². The van der Waals surface area contributed by atoms with Crippen molar-refractivity contribution in [1.29, 1.82) is 0 Å². The van der Waals surface area contributed by atoms with Crippen molar-refractivity contribution in [3.05, 3.63) is 12.2 Å². The van der Waals surface area contributed by atoms with Crippen LogP contribution in [-0.4, -0.2) is 35.7 Å². The van der Waals surface area contributed by atoms with Gasteiger partial charge in [-0.2, -0.15) is 0 Å². The Balaban J connectivity index is 2.01. The highest BCUT2D eigenvalue weighted by Crippen LogP contribution is 2.39. The summed E-state index contributed by atoms with van der Waals surface area (Å²) in [7, 11) is 0. The van der Waals surface area contributed by atoms with Gasteiger partial charge in [-0.3, -0.25) is 9.59 Å². The maximum atomic E-state index is 11.9. The summed E-state index contributed by atoms with van der Waals surface area (Å²) in [5.74, 6) is -2.49. The SMILES string of the molecule is CCCCNC(=O)[C@@H]1[C@H](C(=O)O)[C@H]2C=C[C@H]1O2. The van der Waals surface area contributed by atoms with E-state index in [1.54, 1.807) is 12.2 Å². The second-order valence-electron chi connectivity index (χ2n) is 4.48. The number of ether oxygens (including phenoxy) is 1. The zero-order chi connectivity index (χ0) is 12.4. The summed E-state index contributed by atoms with van der Waals surface area (Å²) in [4.78, 5) is 23.1. The number of hydrogen-bond acceptors (Lipinski definition) is 3. The smallest absolute Gasteiger partial charge is 0.310 e. The molecule has 0 aromatic carbocycles. The van der Waals surface area contributed by atoms with Gasteiger partial charge >= 0.3 is 5.97 Å². The summed E-state index contributed by atoms with van der Waals surface area (Å²) in [5.41, 5.74) is 0. The van der Waals surface area contributed by atoms with Gasteiger partial charge in [0.25, 0.3) is 0 Å². The largest absolute Gasteiger partial charge is 0.481 e. The van der Waals surface area contributed by atoms with Gasteiger partial charge in [-0.1, -0.05) is 25.5 Å². The van der Waals surface area contributed by atoms with Crippen LogP contribution in [0.3, 0.4) is 0 Å². The summed E-state index contributed by atoms with van der Waals surface area (Å²) in [5, 5.41) is 11.9. The van der Waals surface area contributed by atoms with E-state index in [0.29, 0.717) is 6.54 Å². The first-order valence-corrected chi connectivity index (χ1v) is 5.99. The lowest BCUT2D eigenvalue weighted by molar-refractivity contribution is -0.146. The summed E-state index contributed by atoms with van der Waals surface area (Å²) in [6, 6.07) is 0. The number of aliphatic carboxylic acids is 1. The Bertz CT molecular complexity index is 352. The van der Waals surface area contributed by atoms with E-state index < -0.39 is 23.9 Å². The number of carboxylic acid groups (broad SMARTS) is 1. The number of hydrogen-bond donors (Lipinski definition) is 2. The van der Waals surface area contributed by atoms with Crippen molar-refractivity contribution in [1.82, 2.24) is 5.32 Å². The molecule has 2 rings (SSSR count). The molecule has 5 heteroatoms. The fraction of sp³-hybridized carbons (Fsp3) is 0.667. The molecule has 0 aliphatic carbocycles. The zero-order valence-electron chi connectivity index (χ0n) is 9.76. The molecule has 2 N–H and O–H groups in total. The van der Waals surface area contributed by atoms with E-state index in [2.05, 4.69) is 5.32 Å². The molecule has 1 amide bonds. The van der Waals surface area contributed by atoms with Crippen LogP contribution in [0.2, 0.25) is 0 Å². The van der Waals surface area contributed by atoms with E-state index in [1.807, 2.05) is 6.92 Å². The minimum Gasteiger partial charge on any atom is -0.481 e. The van der Waals surface area contributed by atoms with E-state index in [1.165, 1.54) is 0 Å². The summed E-state index contributed by atoms with van der Waals surface area (Å²) < 4.78 is 5.43. The second kappa shape index (κ2) is 4.87. The zero-order valence-corrected chi connectivity index (χ0v) is 9.76. The molecule has 1 saturated heterocycles. The fourth-order valence-corrected chi connectivity index (χ4v) is 2.42. The summed E-state index contributed by atoms with van der Waals surface area (Å²) in [6.45, 7) is 2.63. The van der Waals surface area contributed by atoms with E-state index in [0.717, 1.165) is 12.8 Å². The molecule has 0 unspecified atom stereocenters. The maximum Gasteiger partial charge on any atom is 0.310 e. The van der Waals surface area contributed by atoms with Gasteiger partial charge in [0.15, 0.2) is 0 Å². The molecule has 0 aromatic heterocycles. The van der Waals surface area contributed by atoms with Gasteiger partial charge in [0.1, 0.15) is 5.92 Å². The van der Waals surface area contributed by atoms with Crippen molar-refractivity contribution in [2.45, 2.75) is 32.0 Å². The molecular weight excluding hydrogens is 222 g/mol. The Morgan fingerprint density at radius 3 is 2.53 bits per heavy atom. The van der Waals surface area contributed by atoms with Crippen LogP contribution >= 0.6 is 0 Å². The van der Waals surface area contributed by atoms with Crippen LogP contribution in [0.5, 0.6) is 0 Å². The van der Waals surface area contributed by atoms with Crippen LogP contribution in [0.15, 0.2) is 12.2 Å². The van der Waals surface area contributed by atoms with Crippen LogP contribution in [0.25, 0.3) is 0 Å². The summed E-state index contributed by atoms with van der Waals surface area (Å²) >= 11 is 0. The summed E-state index contributed by atoms with van der Waals surface area (Å²) in [6.07, 6.45) is 4.60. The molecule has 2 bridgehead atoms. The maximum absolute atomic E-state index is 11.9. The highest BCUT2D eigenvalue weighted by atomic mass is 16.5. The normalized spacial score (nSPS) is 33.9. The number of carboxylic acids is 1. The van der Waals surface area contributed by atoms with Gasteiger partial charge in [0.05, 0.1) is 18.1 Å². The van der Waals surface area contributed by atoms with Gasteiger partial charge in [0, 0.05) is 6.54 Å². The molecule has 94 valence electrons. The number of unbranched alkanes of at least 4 members (excludes halogenated alkanes) is 1. The molecule has 2 aliphatic rings. The molecule has 0 aromatic rings. The van der Waals surface area contributed by atoms with Crippen molar-refractivity contribution in [2.75, 3.05) is 6.54 Å². The van der Waals surface area contributed by atoms with Crippen molar-refractivity contribution >= 4 is 11.9 Å². The first-order chi connectivity index (χ1) is 8.15. The van der Waals surface area contributed by atoms with Crippen molar-refractivity contribution in [3.63, 3.8) is 0 Å². The van der Waals surface area contributed by atoms with E-state index in [4.69, 9.17) is 9.84 Å². The third-order valence-electron chi connectivity index (χ3n) is 3.32. The van der Waals surface area contributed by atoms with Crippen molar-refractivity contribution in [3.8, 4) is 0 Å². The molecule has 0 radical (unpaired) electrons. The van der Waals surface area contributed by atoms with Crippen LogP contribution in [0.4, 0.5) is 0 Å². The lowest BCUT2D eigenvalue weighted by atomic mass is 9.82. The quantitative estimate of drug-likeness (QED) is 0.543. The Morgan fingerprint density at radius 1 is 1.29 bits per heavy atom. The minimum absolute atomic E-state index is 0.206. The van der Waals surface area contributed by atoms with Crippen LogP contribution in [0, 0.1) is 11.8 Å². The first-order valence-electron chi connectivity index (χ1n) is 5.99. The van der Waals surface area contributed by atoms with Crippen LogP contribution in [-0.2, 0) is 14.3 Å². The Kier molecular flexibility index (Phi) is 3.47. The molecule has 2 heterocycles. The van der Waals surface area contributed by atoms with Gasteiger partial charge in [0.2, 0.25) is 5.91 Å². The van der Waals surface area contributed by atoms with Gasteiger partial charge in [-0.15, -0.1) is 0 Å². The second-order valence-corrected chi connectivity index (χ2v) is 4.48. The van der Waals surface area contributed by atoms with E-state index >= 15 is 0 Å². The monoisotopic (exact) mass is 239 g/mol. The molecule has 1 fully saturated rings. The molecule has 0 saturated carbocycles. The predicted octanol–water partition coefficient (Wildman–Crippen LogP) is 0.557. The third-order valence-corrected chi connectivity index (χ3v) is 3.32. The number of amides is 1. The number of carbonyl (C=O) groups excluding carboxylic acids is 1. The van der Waals surface area contributed by atoms with Crippen LogP contribution < -0.4 is 5.32 Å². The third kappa shape index (κ3) is 2.20. The van der Waals surface area contributed by atoms with Crippen LogP contribution in [0.1, 0.15) is 19.8 Å². The van der Waals surface area contributed by atoms with E-state index in [9.17, 15) is 9.59 Å². The van der Waals surface area contributed by atoms with Crippen molar-refractivity contribution in [2.24, 2.45) is 11.8 Å². The average Bonchev–Trinajstić information content (AvgIpc) is 2.88. The molecule has 17 heavy (non-hydrogen) atoms. The lowest BCUT2D eigenvalue weighted by Gasteiger charge is -2.20. The van der Waals surface area contributed by atoms with E-state index in [-0.39, 0.29) is 12.0 Å². The predicted molar refractivity (Wildman–Crippen MR) is 60.3 cm³/mol. The molecule has 4 atom stereocenters. The molecular formula is C12H17NO4. The fourth-order valence-electron chi connectivity index (χ4n) is 2.42. The Hall–Kier alpha value is -1.36. The van der Waals surface area contributed by atoms with Gasteiger partial charge in [-0.05, 0) is 6.42 Å². The lowest BCUT2D eigenvalue weighted by Crippen LogP contribution is -2.42. The number of rotatable bonds is 5. The molecule has 2 aliphatic heterocycles. The Morgan fingerprint density at radius 2 is 1.94 bits per heavy atom. The van der Waals surface area contributed by atoms with Crippen molar-refractivity contribution < 1.29 is 19.4 Å². The minimum atomic E-state index is -0.961. The average molecular weight is 239 g/mol. The standard InChI is InChI=1S/C12H17NO4/c1-2-3-6-13-11(14)9-7-4-5-8(17-7)10(9)12(15)16/h4-5,7-10H,2-3,6H2,1H3,(H,13,14)(H,15,16)/t7-,8-,9+,10-/m1/s1. The first kappa shape index (κ1) is 12.1. The molecule has 5 nitrogen and oxygen atoms in total. The molecule has 0 spiro atoms. The highest BCUT2D eigenvalue weighted by Gasteiger charge is 2.52. The van der Waals surface area contributed by atoms with Gasteiger partial charge in [-0.25, -0.2) is 0 Å².